The average Bonchev–Trinajstić information content (AvgIpc) is 2.60. The highest BCUT2D eigenvalue weighted by atomic mass is 35.5. The van der Waals surface area contributed by atoms with Gasteiger partial charge >= 0.3 is 11.7 Å². The molecule has 11 heteroatoms. The molecule has 0 bridgehead atoms. The van der Waals surface area contributed by atoms with Gasteiger partial charge in [-0.1, -0.05) is 23.2 Å². The molecule has 140 valence electrons. The van der Waals surface area contributed by atoms with Gasteiger partial charge in [-0.05, 0) is 18.6 Å². The summed E-state index contributed by atoms with van der Waals surface area (Å²) < 4.78 is 4.60. The molecule has 0 aliphatic carbocycles. The topological polar surface area (TPSA) is 110 Å². The third-order valence-electron chi connectivity index (χ3n) is 3.75. The van der Waals surface area contributed by atoms with Crippen molar-refractivity contribution >= 4 is 29.2 Å². The van der Waals surface area contributed by atoms with E-state index in [2.05, 4.69) is 20.4 Å². The lowest BCUT2D eigenvalue weighted by Crippen LogP contribution is -2.44. The zero-order chi connectivity index (χ0) is 19.4. The van der Waals surface area contributed by atoms with Gasteiger partial charge in [-0.3, -0.25) is 10.1 Å². The van der Waals surface area contributed by atoms with Gasteiger partial charge in [-0.25, -0.2) is 9.78 Å². The lowest BCUT2D eigenvalue weighted by Gasteiger charge is -2.32. The van der Waals surface area contributed by atoms with E-state index in [-0.39, 0.29) is 34.3 Å². The van der Waals surface area contributed by atoms with Gasteiger partial charge in [-0.2, -0.15) is 0 Å². The summed E-state index contributed by atoms with van der Waals surface area (Å²) in [5.74, 6) is 0.0249. The fraction of sp³-hybridized carbons (Fsp3) is 0.333. The number of nitrogens with zero attached hydrogens (tertiary/aromatic N) is 3. The van der Waals surface area contributed by atoms with Gasteiger partial charge in [0.15, 0.2) is 5.82 Å². The maximum Gasteiger partial charge on any atom is 0.334 e. The Morgan fingerprint density at radius 2 is 2.27 bits per heavy atom. The standard InChI is InChI=1S/C15H17Cl2N5O4/c1-8(9-4-10(16)14(17)19-6-9)20-15-11(22(24)25)7-18-12(21(15)2)5-13(23)26-3/h4-6,8,18,20H,7H2,1-3H3. The third kappa shape index (κ3) is 4.36. The van der Waals surface area contributed by atoms with Crippen molar-refractivity contribution in [1.29, 1.82) is 0 Å². The molecule has 0 radical (unpaired) electrons. The number of carbonyl (C=O) groups is 1. The molecule has 1 aliphatic heterocycles. The van der Waals surface area contributed by atoms with Crippen molar-refractivity contribution in [1.82, 2.24) is 20.5 Å². The Morgan fingerprint density at radius 1 is 1.58 bits per heavy atom. The summed E-state index contributed by atoms with van der Waals surface area (Å²) in [7, 11) is 2.84. The first-order valence-electron chi connectivity index (χ1n) is 7.46. The number of ether oxygens (including phenoxy) is 1. The van der Waals surface area contributed by atoms with Crippen molar-refractivity contribution in [2.75, 3.05) is 20.7 Å². The Kier molecular flexibility index (Phi) is 6.27. The van der Waals surface area contributed by atoms with Gasteiger partial charge < -0.3 is 20.3 Å². The molecule has 1 aromatic rings. The number of methoxy groups -OCH3 is 1. The first kappa shape index (κ1) is 19.8. The van der Waals surface area contributed by atoms with E-state index in [1.165, 1.54) is 24.3 Å². The van der Waals surface area contributed by atoms with Crippen LogP contribution in [0.3, 0.4) is 0 Å². The van der Waals surface area contributed by atoms with E-state index in [9.17, 15) is 14.9 Å². The smallest absolute Gasteiger partial charge is 0.334 e. The Morgan fingerprint density at radius 3 is 2.85 bits per heavy atom. The van der Waals surface area contributed by atoms with Crippen LogP contribution in [0.2, 0.25) is 10.2 Å². The molecule has 1 aromatic heterocycles. The van der Waals surface area contributed by atoms with Crippen LogP contribution in [0.15, 0.2) is 35.7 Å². The fourth-order valence-corrected chi connectivity index (χ4v) is 2.58. The highest BCUT2D eigenvalue weighted by Gasteiger charge is 2.30. The van der Waals surface area contributed by atoms with Crippen LogP contribution >= 0.6 is 23.2 Å². The van der Waals surface area contributed by atoms with Crippen molar-refractivity contribution in [2.24, 2.45) is 0 Å². The van der Waals surface area contributed by atoms with Crippen molar-refractivity contribution < 1.29 is 14.5 Å². The Hall–Kier alpha value is -2.52. The molecule has 1 aliphatic rings. The second kappa shape index (κ2) is 8.24. The largest absolute Gasteiger partial charge is 0.466 e. The second-order valence-electron chi connectivity index (χ2n) is 5.43. The van der Waals surface area contributed by atoms with Gasteiger partial charge in [0.1, 0.15) is 17.5 Å². The molecule has 0 saturated heterocycles. The Bertz CT molecular complexity index is 796. The predicted molar refractivity (Wildman–Crippen MR) is 95.7 cm³/mol. The number of hydrogen-bond donors (Lipinski definition) is 2. The van der Waals surface area contributed by atoms with E-state index >= 15 is 0 Å². The molecule has 0 spiro atoms. The molecule has 1 atom stereocenters. The quantitative estimate of drug-likeness (QED) is 0.253. The number of rotatable bonds is 5. The van der Waals surface area contributed by atoms with Crippen LogP contribution in [0, 0.1) is 10.1 Å². The third-order valence-corrected chi connectivity index (χ3v) is 4.44. The van der Waals surface area contributed by atoms with Crippen LogP contribution in [-0.2, 0) is 9.53 Å². The number of esters is 1. The van der Waals surface area contributed by atoms with Crippen molar-refractivity contribution in [2.45, 2.75) is 13.0 Å². The van der Waals surface area contributed by atoms with Gasteiger partial charge in [0.2, 0.25) is 0 Å². The first-order valence-corrected chi connectivity index (χ1v) is 8.22. The maximum atomic E-state index is 11.5. The van der Waals surface area contributed by atoms with Crippen molar-refractivity contribution in [3.63, 3.8) is 0 Å². The van der Waals surface area contributed by atoms with E-state index < -0.39 is 10.9 Å². The molecule has 2 N–H and O–H groups in total. The lowest BCUT2D eigenvalue weighted by atomic mass is 10.1. The summed E-state index contributed by atoms with van der Waals surface area (Å²) >= 11 is 11.8. The first-order chi connectivity index (χ1) is 12.2. The predicted octanol–water partition coefficient (Wildman–Crippen LogP) is 2.03. The molecule has 26 heavy (non-hydrogen) atoms. The molecule has 0 aromatic carbocycles. The zero-order valence-corrected chi connectivity index (χ0v) is 15.8. The minimum absolute atomic E-state index is 0.0607. The average molecular weight is 402 g/mol. The number of hydrogen-bond acceptors (Lipinski definition) is 8. The molecule has 0 amide bonds. The van der Waals surface area contributed by atoms with Crippen LogP contribution in [0.1, 0.15) is 18.5 Å². The normalized spacial score (nSPS) is 17.0. The minimum Gasteiger partial charge on any atom is -0.466 e. The summed E-state index contributed by atoms with van der Waals surface area (Å²) in [6.45, 7) is 1.74. The van der Waals surface area contributed by atoms with E-state index in [4.69, 9.17) is 23.2 Å². The SMILES string of the molecule is COC(=O)C=C1NCC([N+](=O)[O-])=C(NC(C)c2cnc(Cl)c(Cl)c2)N1C. The summed E-state index contributed by atoms with van der Waals surface area (Å²) in [5, 5.41) is 17.7. The highest BCUT2D eigenvalue weighted by Crippen LogP contribution is 2.25. The zero-order valence-electron chi connectivity index (χ0n) is 14.2. The number of pyridine rings is 1. The minimum atomic E-state index is -0.579. The van der Waals surface area contributed by atoms with Crippen LogP contribution < -0.4 is 10.6 Å². The molecular weight excluding hydrogens is 385 g/mol. The van der Waals surface area contributed by atoms with Gasteiger partial charge in [0.05, 0.1) is 29.2 Å². The van der Waals surface area contributed by atoms with Crippen LogP contribution in [-0.4, -0.2) is 41.5 Å². The van der Waals surface area contributed by atoms with E-state index in [1.807, 2.05) is 0 Å². The molecular formula is C15H17Cl2N5O4. The van der Waals surface area contributed by atoms with Gasteiger partial charge in [0.25, 0.3) is 0 Å². The number of carbonyl (C=O) groups excluding carboxylic acids is 1. The van der Waals surface area contributed by atoms with E-state index in [0.717, 1.165) is 0 Å². The van der Waals surface area contributed by atoms with Crippen molar-refractivity contribution in [3.8, 4) is 0 Å². The molecule has 2 rings (SSSR count). The van der Waals surface area contributed by atoms with Crippen LogP contribution in [0.5, 0.6) is 0 Å². The molecule has 0 saturated carbocycles. The molecule has 2 heterocycles. The Balaban J connectivity index is 2.34. The maximum absolute atomic E-state index is 11.5. The highest BCUT2D eigenvalue weighted by molar-refractivity contribution is 6.41. The van der Waals surface area contributed by atoms with E-state index in [1.54, 1.807) is 20.0 Å². The van der Waals surface area contributed by atoms with Crippen LogP contribution in [0.25, 0.3) is 0 Å². The second-order valence-corrected chi connectivity index (χ2v) is 6.19. The fourth-order valence-electron chi connectivity index (χ4n) is 2.30. The summed E-state index contributed by atoms with van der Waals surface area (Å²) in [4.78, 5) is 27.8. The van der Waals surface area contributed by atoms with Gasteiger partial charge in [-0.15, -0.1) is 0 Å². The van der Waals surface area contributed by atoms with E-state index in [0.29, 0.717) is 11.4 Å². The monoisotopic (exact) mass is 401 g/mol. The van der Waals surface area contributed by atoms with Gasteiger partial charge in [0, 0.05) is 13.2 Å². The van der Waals surface area contributed by atoms with Crippen LogP contribution in [0.4, 0.5) is 0 Å². The summed E-state index contributed by atoms with van der Waals surface area (Å²) in [5.41, 5.74) is 0.620. The summed E-state index contributed by atoms with van der Waals surface area (Å²) in [6, 6.07) is 1.27. The Labute approximate surface area is 159 Å². The molecule has 1 unspecified atom stereocenters. The lowest BCUT2D eigenvalue weighted by molar-refractivity contribution is -0.429. The van der Waals surface area contributed by atoms with Crippen molar-refractivity contribution in [3.05, 3.63) is 61.5 Å². The number of halogens is 2. The molecule has 9 nitrogen and oxygen atoms in total. The molecule has 0 fully saturated rings. The number of aromatic nitrogens is 1. The number of nitrogens with one attached hydrogen (secondary N) is 2. The number of nitro groups is 1. The summed E-state index contributed by atoms with van der Waals surface area (Å²) in [6.07, 6.45) is 2.74.